The molecule has 0 unspecified atom stereocenters. The molecule has 27 heavy (non-hydrogen) atoms. The van der Waals surface area contributed by atoms with Crippen LogP contribution in [0.4, 0.5) is 10.1 Å². The standard InChI is InChI=1S/C16H13FN4O5S/c1-20(18-9-10-3-5-13(17)14(7-10)26-2)16-12-8-11(21(22)23)4-6-15(12)27(24,25)19-16/h3-9H,1-2H3/b18-9+. The third-order valence-corrected chi connectivity index (χ3v) is 5.09. The molecule has 0 radical (unpaired) electrons. The Morgan fingerprint density at radius 2 is 2.04 bits per heavy atom. The highest BCUT2D eigenvalue weighted by Crippen LogP contribution is 2.30. The van der Waals surface area contributed by atoms with Crippen molar-refractivity contribution in [2.45, 2.75) is 4.90 Å². The van der Waals surface area contributed by atoms with Crippen LogP contribution in [0.15, 0.2) is 50.8 Å². The second kappa shape index (κ2) is 6.76. The molecule has 0 saturated heterocycles. The maximum Gasteiger partial charge on any atom is 0.285 e. The molecule has 0 fully saturated rings. The molecule has 0 amide bonds. The topological polar surface area (TPSA) is 114 Å². The Labute approximate surface area is 153 Å². The Morgan fingerprint density at radius 3 is 2.70 bits per heavy atom. The molecule has 0 bridgehead atoms. The second-order valence-electron chi connectivity index (χ2n) is 5.49. The lowest BCUT2D eigenvalue weighted by atomic mass is 10.2. The molecule has 2 aromatic rings. The van der Waals surface area contributed by atoms with E-state index in [2.05, 4.69) is 9.50 Å². The summed E-state index contributed by atoms with van der Waals surface area (Å²) in [5.41, 5.74) is 0.320. The number of hydrogen-bond donors (Lipinski definition) is 0. The zero-order valence-electron chi connectivity index (χ0n) is 14.2. The third kappa shape index (κ3) is 3.49. The van der Waals surface area contributed by atoms with Gasteiger partial charge in [0.2, 0.25) is 0 Å². The number of nitrogens with zero attached hydrogens (tertiary/aromatic N) is 4. The SMILES string of the molecule is COc1cc(/C=N/N(C)C2=NS(=O)(=O)c3ccc([N+](=O)[O-])cc32)ccc1F. The van der Waals surface area contributed by atoms with Crippen molar-refractivity contribution in [3.8, 4) is 5.75 Å². The summed E-state index contributed by atoms with van der Waals surface area (Å²) in [5, 5.41) is 16.2. The van der Waals surface area contributed by atoms with Gasteiger partial charge in [-0.25, -0.2) is 9.40 Å². The van der Waals surface area contributed by atoms with Crippen LogP contribution in [0, 0.1) is 15.9 Å². The predicted molar refractivity (Wildman–Crippen MR) is 95.1 cm³/mol. The van der Waals surface area contributed by atoms with Gasteiger partial charge in [-0.2, -0.15) is 13.5 Å². The lowest BCUT2D eigenvalue weighted by molar-refractivity contribution is -0.384. The zero-order valence-corrected chi connectivity index (χ0v) is 15.0. The van der Waals surface area contributed by atoms with E-state index < -0.39 is 20.8 Å². The summed E-state index contributed by atoms with van der Waals surface area (Å²) in [6.07, 6.45) is 1.35. The molecule has 0 saturated carbocycles. The van der Waals surface area contributed by atoms with E-state index in [4.69, 9.17) is 4.74 Å². The fourth-order valence-corrected chi connectivity index (χ4v) is 3.65. The highest BCUT2D eigenvalue weighted by molar-refractivity contribution is 7.90. The average molecular weight is 392 g/mol. The van der Waals surface area contributed by atoms with Crippen LogP contribution < -0.4 is 4.74 Å². The van der Waals surface area contributed by atoms with E-state index in [0.717, 1.165) is 18.2 Å². The number of halogens is 1. The first-order valence-corrected chi connectivity index (χ1v) is 8.92. The fourth-order valence-electron chi connectivity index (χ4n) is 2.44. The first kappa shape index (κ1) is 18.5. The third-order valence-electron chi connectivity index (χ3n) is 3.76. The van der Waals surface area contributed by atoms with Gasteiger partial charge in [0.1, 0.15) is 4.90 Å². The summed E-state index contributed by atoms with van der Waals surface area (Å²) in [7, 11) is -1.19. The Kier molecular flexibility index (Phi) is 4.62. The first-order chi connectivity index (χ1) is 12.7. The zero-order chi connectivity index (χ0) is 19.8. The van der Waals surface area contributed by atoms with E-state index in [1.165, 1.54) is 43.6 Å². The van der Waals surface area contributed by atoms with Crippen molar-refractivity contribution in [1.29, 1.82) is 0 Å². The van der Waals surface area contributed by atoms with Crippen molar-refractivity contribution in [3.05, 3.63) is 63.5 Å². The number of rotatable bonds is 4. The minimum Gasteiger partial charge on any atom is -0.494 e. The van der Waals surface area contributed by atoms with Gasteiger partial charge in [-0.05, 0) is 23.8 Å². The lowest BCUT2D eigenvalue weighted by Crippen LogP contribution is -2.21. The Balaban J connectivity index is 1.95. The van der Waals surface area contributed by atoms with Crippen molar-refractivity contribution in [1.82, 2.24) is 5.01 Å². The highest BCUT2D eigenvalue weighted by atomic mass is 32.2. The first-order valence-electron chi connectivity index (χ1n) is 7.48. The number of hydrazone groups is 1. The van der Waals surface area contributed by atoms with Gasteiger partial charge in [-0.3, -0.25) is 10.1 Å². The van der Waals surface area contributed by atoms with Crippen molar-refractivity contribution in [2.24, 2.45) is 9.50 Å². The molecular weight excluding hydrogens is 379 g/mol. The predicted octanol–water partition coefficient (Wildman–Crippen LogP) is 2.16. The molecule has 1 aliphatic heterocycles. The number of hydrogen-bond acceptors (Lipinski definition) is 7. The molecule has 0 spiro atoms. The molecule has 0 aliphatic carbocycles. The van der Waals surface area contributed by atoms with Crippen LogP contribution in [0.1, 0.15) is 11.1 Å². The molecule has 11 heteroatoms. The number of ether oxygens (including phenoxy) is 1. The summed E-state index contributed by atoms with van der Waals surface area (Å²) < 4.78 is 46.3. The van der Waals surface area contributed by atoms with Crippen LogP contribution in [0.3, 0.4) is 0 Å². The van der Waals surface area contributed by atoms with E-state index in [-0.39, 0.29) is 27.7 Å². The number of amidine groups is 1. The number of benzene rings is 2. The van der Waals surface area contributed by atoms with Crippen molar-refractivity contribution in [2.75, 3.05) is 14.2 Å². The van der Waals surface area contributed by atoms with Gasteiger partial charge in [-0.15, -0.1) is 4.40 Å². The highest BCUT2D eigenvalue weighted by Gasteiger charge is 2.32. The van der Waals surface area contributed by atoms with Gasteiger partial charge in [0.25, 0.3) is 15.7 Å². The average Bonchev–Trinajstić information content (AvgIpc) is 2.91. The van der Waals surface area contributed by atoms with E-state index in [1.807, 2.05) is 0 Å². The Morgan fingerprint density at radius 1 is 1.30 bits per heavy atom. The van der Waals surface area contributed by atoms with Crippen molar-refractivity contribution < 1.29 is 22.5 Å². The summed E-state index contributed by atoms with van der Waals surface area (Å²) in [4.78, 5) is 10.2. The van der Waals surface area contributed by atoms with Crippen LogP contribution in [0.5, 0.6) is 5.75 Å². The number of fused-ring (bicyclic) bond motifs is 1. The van der Waals surface area contributed by atoms with E-state index in [9.17, 15) is 22.9 Å². The van der Waals surface area contributed by atoms with Crippen molar-refractivity contribution in [3.63, 3.8) is 0 Å². The van der Waals surface area contributed by atoms with Crippen LogP contribution in [0.2, 0.25) is 0 Å². The molecule has 3 rings (SSSR count). The fraction of sp³-hybridized carbons (Fsp3) is 0.125. The summed E-state index contributed by atoms with van der Waals surface area (Å²) in [5.74, 6) is -0.558. The number of nitro groups is 1. The Bertz CT molecular complexity index is 1100. The smallest absolute Gasteiger partial charge is 0.285 e. The van der Waals surface area contributed by atoms with Crippen LogP contribution in [0.25, 0.3) is 0 Å². The maximum atomic E-state index is 13.4. The summed E-state index contributed by atoms with van der Waals surface area (Å²) in [6.45, 7) is 0. The van der Waals surface area contributed by atoms with E-state index in [0.29, 0.717) is 5.56 Å². The number of methoxy groups -OCH3 is 1. The van der Waals surface area contributed by atoms with Gasteiger partial charge < -0.3 is 4.74 Å². The molecule has 2 aromatic carbocycles. The summed E-state index contributed by atoms with van der Waals surface area (Å²) in [6, 6.07) is 7.45. The largest absolute Gasteiger partial charge is 0.494 e. The van der Waals surface area contributed by atoms with Gasteiger partial charge in [-0.1, -0.05) is 6.07 Å². The van der Waals surface area contributed by atoms with E-state index >= 15 is 0 Å². The van der Waals surface area contributed by atoms with Crippen LogP contribution >= 0.6 is 0 Å². The van der Waals surface area contributed by atoms with Gasteiger partial charge in [0, 0.05) is 24.7 Å². The molecule has 0 aromatic heterocycles. The normalized spacial score (nSPS) is 14.7. The maximum absolute atomic E-state index is 13.4. The Hall–Kier alpha value is -3.34. The molecular formula is C16H13FN4O5S. The molecule has 1 aliphatic rings. The van der Waals surface area contributed by atoms with Gasteiger partial charge in [0.05, 0.1) is 18.2 Å². The molecule has 1 heterocycles. The monoisotopic (exact) mass is 392 g/mol. The van der Waals surface area contributed by atoms with Gasteiger partial charge in [0.15, 0.2) is 17.4 Å². The number of nitro benzene ring substituents is 1. The number of non-ortho nitro benzene ring substituents is 1. The van der Waals surface area contributed by atoms with Crippen LogP contribution in [-0.4, -0.2) is 44.6 Å². The lowest BCUT2D eigenvalue weighted by Gasteiger charge is -2.12. The molecule has 0 N–H and O–H groups in total. The molecule has 140 valence electrons. The van der Waals surface area contributed by atoms with Gasteiger partial charge >= 0.3 is 0 Å². The van der Waals surface area contributed by atoms with E-state index in [1.54, 1.807) is 0 Å². The molecule has 9 nitrogen and oxygen atoms in total. The minimum absolute atomic E-state index is 0.0309. The molecule has 0 atom stereocenters. The van der Waals surface area contributed by atoms with Crippen LogP contribution in [-0.2, 0) is 10.0 Å². The summed E-state index contributed by atoms with van der Waals surface area (Å²) >= 11 is 0. The quantitative estimate of drug-likeness (QED) is 0.447. The second-order valence-corrected chi connectivity index (χ2v) is 7.06. The minimum atomic E-state index is -3.96. The van der Waals surface area contributed by atoms with Crippen molar-refractivity contribution >= 4 is 27.8 Å². The number of sulfonamides is 1.